The van der Waals surface area contributed by atoms with Gasteiger partial charge in [0, 0.05) is 24.7 Å². The number of carbonyl (C=O) groups excluding carboxylic acids is 1. The number of nitrogens with zero attached hydrogens (tertiary/aromatic N) is 1. The molecule has 5 nitrogen and oxygen atoms in total. The molecule has 1 N–H and O–H groups in total. The molecule has 0 spiro atoms. The standard InChI is InChI=1S/C22H30N2O3S/c25-22(21-17-11-15-10-16(13-17)14-18(21)12-15)23-19-4-6-20(7-5-19)28(26,27)24-8-2-1-3-9-24/h4-7,15-18,21H,1-3,8-14H2,(H,23,25). The van der Waals surface area contributed by atoms with E-state index in [2.05, 4.69) is 5.32 Å². The van der Waals surface area contributed by atoms with Crippen molar-refractivity contribution in [2.75, 3.05) is 18.4 Å². The van der Waals surface area contributed by atoms with Crippen molar-refractivity contribution in [3.05, 3.63) is 24.3 Å². The summed E-state index contributed by atoms with van der Waals surface area (Å²) in [6.07, 6.45) is 9.22. The zero-order valence-corrected chi connectivity index (χ0v) is 17.2. The lowest BCUT2D eigenvalue weighted by molar-refractivity contribution is -0.132. The summed E-state index contributed by atoms with van der Waals surface area (Å²) in [5.74, 6) is 3.09. The van der Waals surface area contributed by atoms with Gasteiger partial charge in [-0.3, -0.25) is 4.79 Å². The minimum absolute atomic E-state index is 0.139. The molecule has 0 aromatic heterocycles. The molecule has 28 heavy (non-hydrogen) atoms. The molecule has 5 fully saturated rings. The third-order valence-electron chi connectivity index (χ3n) is 7.60. The Bertz CT molecular complexity index is 815. The van der Waals surface area contributed by atoms with Gasteiger partial charge in [-0.25, -0.2) is 8.42 Å². The zero-order valence-electron chi connectivity index (χ0n) is 16.3. The van der Waals surface area contributed by atoms with Gasteiger partial charge in [-0.2, -0.15) is 4.31 Å². The van der Waals surface area contributed by atoms with Crippen LogP contribution in [0.5, 0.6) is 0 Å². The highest BCUT2D eigenvalue weighted by Gasteiger charge is 2.50. The van der Waals surface area contributed by atoms with E-state index >= 15 is 0 Å². The van der Waals surface area contributed by atoms with E-state index in [1.807, 2.05) is 0 Å². The molecule has 1 amide bonds. The van der Waals surface area contributed by atoms with Crippen molar-refractivity contribution in [3.8, 4) is 0 Å². The van der Waals surface area contributed by atoms with Crippen LogP contribution in [0.1, 0.15) is 51.4 Å². The number of sulfonamides is 1. The lowest BCUT2D eigenvalue weighted by Crippen LogP contribution is -2.49. The van der Waals surface area contributed by atoms with Crippen molar-refractivity contribution in [1.82, 2.24) is 4.31 Å². The minimum atomic E-state index is -3.42. The number of rotatable bonds is 4. The monoisotopic (exact) mass is 402 g/mol. The summed E-state index contributed by atoms with van der Waals surface area (Å²) in [5, 5.41) is 3.08. The maximum Gasteiger partial charge on any atom is 0.243 e. The normalized spacial score (nSPS) is 35.1. The van der Waals surface area contributed by atoms with E-state index in [0.717, 1.165) is 31.1 Å². The number of nitrogens with one attached hydrogen (secondary N) is 1. The SMILES string of the molecule is O=C(Nc1ccc(S(=O)(=O)N2CCCCC2)cc1)C1C2CC3CC(C2)CC1C3. The van der Waals surface area contributed by atoms with E-state index in [0.29, 0.717) is 35.5 Å². The topological polar surface area (TPSA) is 66.5 Å². The molecule has 1 aliphatic heterocycles. The molecular weight excluding hydrogens is 372 g/mol. The summed E-state index contributed by atoms with van der Waals surface area (Å²) in [4.78, 5) is 13.3. The van der Waals surface area contributed by atoms with E-state index in [-0.39, 0.29) is 11.8 Å². The molecule has 0 unspecified atom stereocenters. The van der Waals surface area contributed by atoms with Gasteiger partial charge in [-0.15, -0.1) is 0 Å². The Morgan fingerprint density at radius 3 is 2.00 bits per heavy atom. The van der Waals surface area contributed by atoms with Crippen molar-refractivity contribution in [2.24, 2.45) is 29.6 Å². The molecule has 0 radical (unpaired) electrons. The average Bonchev–Trinajstić information content (AvgIpc) is 2.68. The number of hydrogen-bond donors (Lipinski definition) is 1. The van der Waals surface area contributed by atoms with Gasteiger partial charge in [0.1, 0.15) is 0 Å². The molecule has 4 aliphatic carbocycles. The molecule has 1 aromatic carbocycles. The first kappa shape index (κ1) is 18.6. The second-order valence-electron chi connectivity index (χ2n) is 9.43. The summed E-state index contributed by atoms with van der Waals surface area (Å²) in [6.45, 7) is 1.21. The summed E-state index contributed by atoms with van der Waals surface area (Å²) in [6, 6.07) is 6.75. The number of hydrogen-bond acceptors (Lipinski definition) is 3. The Morgan fingerprint density at radius 2 is 1.43 bits per heavy atom. The smallest absolute Gasteiger partial charge is 0.243 e. The van der Waals surface area contributed by atoms with Crippen LogP contribution < -0.4 is 5.32 Å². The highest BCUT2D eigenvalue weighted by molar-refractivity contribution is 7.89. The molecule has 6 heteroatoms. The highest BCUT2D eigenvalue weighted by Crippen LogP contribution is 2.56. The number of carbonyl (C=O) groups is 1. The molecule has 5 aliphatic rings. The molecule has 4 bridgehead atoms. The van der Waals surface area contributed by atoms with Crippen LogP contribution in [0.25, 0.3) is 0 Å². The zero-order chi connectivity index (χ0) is 19.3. The second kappa shape index (κ2) is 7.13. The maximum atomic E-state index is 13.0. The van der Waals surface area contributed by atoms with Crippen molar-refractivity contribution >= 4 is 21.6 Å². The fraction of sp³-hybridized carbons (Fsp3) is 0.682. The predicted octanol–water partition coefficient (Wildman–Crippen LogP) is 3.87. The number of anilines is 1. The van der Waals surface area contributed by atoms with Crippen LogP contribution >= 0.6 is 0 Å². The summed E-state index contributed by atoms with van der Waals surface area (Å²) >= 11 is 0. The van der Waals surface area contributed by atoms with Gasteiger partial charge >= 0.3 is 0 Å². The van der Waals surface area contributed by atoms with Crippen molar-refractivity contribution in [1.29, 1.82) is 0 Å². The summed E-state index contributed by atoms with van der Waals surface area (Å²) in [7, 11) is -3.42. The van der Waals surface area contributed by atoms with Crippen molar-refractivity contribution < 1.29 is 13.2 Å². The van der Waals surface area contributed by atoms with Crippen LogP contribution in [0.15, 0.2) is 29.2 Å². The first-order valence-electron chi connectivity index (χ1n) is 10.9. The van der Waals surface area contributed by atoms with Gasteiger partial charge < -0.3 is 5.32 Å². The minimum Gasteiger partial charge on any atom is -0.326 e. The summed E-state index contributed by atoms with van der Waals surface area (Å²) in [5.41, 5.74) is 0.705. The van der Waals surface area contributed by atoms with E-state index in [1.54, 1.807) is 28.6 Å². The fourth-order valence-corrected chi connectivity index (χ4v) is 8.06. The van der Waals surface area contributed by atoms with Crippen LogP contribution in [0.3, 0.4) is 0 Å². The molecular formula is C22H30N2O3S. The Balaban J connectivity index is 1.27. The van der Waals surface area contributed by atoms with Gasteiger partial charge in [0.2, 0.25) is 15.9 Å². The third-order valence-corrected chi connectivity index (χ3v) is 9.52. The number of benzene rings is 1. The lowest BCUT2D eigenvalue weighted by atomic mass is 9.51. The van der Waals surface area contributed by atoms with Crippen LogP contribution in [0.2, 0.25) is 0 Å². The van der Waals surface area contributed by atoms with Gasteiger partial charge in [0.15, 0.2) is 0 Å². The van der Waals surface area contributed by atoms with Crippen molar-refractivity contribution in [3.63, 3.8) is 0 Å². The van der Waals surface area contributed by atoms with E-state index < -0.39 is 10.0 Å². The molecule has 1 aromatic rings. The Kier molecular flexibility index (Phi) is 4.74. The second-order valence-corrected chi connectivity index (χ2v) is 11.4. The van der Waals surface area contributed by atoms with Gasteiger partial charge in [0.05, 0.1) is 4.90 Å². The maximum absolute atomic E-state index is 13.0. The van der Waals surface area contributed by atoms with Gasteiger partial charge in [-0.05, 0) is 92.9 Å². The van der Waals surface area contributed by atoms with Crippen LogP contribution in [-0.2, 0) is 14.8 Å². The highest BCUT2D eigenvalue weighted by atomic mass is 32.2. The fourth-order valence-electron chi connectivity index (χ4n) is 6.54. The molecule has 152 valence electrons. The Hall–Kier alpha value is -1.40. The van der Waals surface area contributed by atoms with Crippen molar-refractivity contribution in [2.45, 2.75) is 56.3 Å². The largest absolute Gasteiger partial charge is 0.326 e. The summed E-state index contributed by atoms with van der Waals surface area (Å²) < 4.78 is 27.1. The van der Waals surface area contributed by atoms with Crippen LogP contribution in [0, 0.1) is 29.6 Å². The van der Waals surface area contributed by atoms with Crippen LogP contribution in [0.4, 0.5) is 5.69 Å². The quantitative estimate of drug-likeness (QED) is 0.831. The molecule has 6 rings (SSSR count). The molecule has 0 atom stereocenters. The van der Waals surface area contributed by atoms with E-state index in [9.17, 15) is 13.2 Å². The van der Waals surface area contributed by atoms with E-state index in [4.69, 9.17) is 0 Å². The van der Waals surface area contributed by atoms with Crippen LogP contribution in [-0.4, -0.2) is 31.7 Å². The average molecular weight is 403 g/mol. The first-order chi connectivity index (χ1) is 13.5. The first-order valence-corrected chi connectivity index (χ1v) is 12.4. The third kappa shape index (κ3) is 3.28. The lowest BCUT2D eigenvalue weighted by Gasteiger charge is -2.53. The Morgan fingerprint density at radius 1 is 0.857 bits per heavy atom. The molecule has 1 heterocycles. The Labute approximate surface area is 167 Å². The van der Waals surface area contributed by atoms with E-state index in [1.165, 1.54) is 32.1 Å². The molecule has 4 saturated carbocycles. The molecule has 1 saturated heterocycles. The number of piperidine rings is 1. The number of amides is 1. The van der Waals surface area contributed by atoms with Gasteiger partial charge in [0.25, 0.3) is 0 Å². The predicted molar refractivity (Wildman–Crippen MR) is 108 cm³/mol. The van der Waals surface area contributed by atoms with Gasteiger partial charge in [-0.1, -0.05) is 6.42 Å².